The van der Waals surface area contributed by atoms with Crippen LogP contribution in [0.3, 0.4) is 0 Å². The molecule has 1 fully saturated rings. The highest BCUT2D eigenvalue weighted by Crippen LogP contribution is 2.37. The number of aromatic nitrogens is 1. The van der Waals surface area contributed by atoms with Crippen molar-refractivity contribution in [1.29, 1.82) is 0 Å². The van der Waals surface area contributed by atoms with Gasteiger partial charge in [0.2, 0.25) is 0 Å². The third kappa shape index (κ3) is 3.23. The first-order chi connectivity index (χ1) is 12.1. The van der Waals surface area contributed by atoms with Crippen LogP contribution in [0.25, 0.3) is 10.9 Å². The van der Waals surface area contributed by atoms with Gasteiger partial charge >= 0.3 is 0 Å². The second-order valence-electron chi connectivity index (χ2n) is 7.78. The predicted molar refractivity (Wildman–Crippen MR) is 106 cm³/mol. The van der Waals surface area contributed by atoms with Gasteiger partial charge in [-0.25, -0.2) is 0 Å². The molecule has 2 atom stereocenters. The lowest BCUT2D eigenvalue weighted by molar-refractivity contribution is 0.394. The fraction of sp³-hybridized carbons (Fsp3) is 0.391. The maximum absolute atomic E-state index is 6.26. The maximum atomic E-state index is 6.26. The van der Waals surface area contributed by atoms with E-state index >= 15 is 0 Å². The summed E-state index contributed by atoms with van der Waals surface area (Å²) in [5, 5.41) is 1.41. The van der Waals surface area contributed by atoms with Gasteiger partial charge in [-0.15, -0.1) is 0 Å². The van der Waals surface area contributed by atoms with Crippen molar-refractivity contribution in [3.8, 4) is 0 Å². The Bertz CT molecular complexity index is 890. The Morgan fingerprint density at radius 2 is 1.92 bits per heavy atom. The topological polar surface area (TPSA) is 30.9 Å². The molecule has 2 N–H and O–H groups in total. The fourth-order valence-corrected chi connectivity index (χ4v) is 4.45. The van der Waals surface area contributed by atoms with Crippen LogP contribution in [0.5, 0.6) is 0 Å². The minimum atomic E-state index is 0.361. The van der Waals surface area contributed by atoms with Crippen molar-refractivity contribution in [1.82, 2.24) is 4.57 Å². The molecule has 1 heterocycles. The molecule has 4 rings (SSSR count). The second-order valence-corrected chi connectivity index (χ2v) is 7.78. The number of nitrogens with two attached hydrogens (primary N) is 1. The summed E-state index contributed by atoms with van der Waals surface area (Å²) in [6.45, 7) is 5.31. The van der Waals surface area contributed by atoms with E-state index in [1.54, 1.807) is 0 Å². The van der Waals surface area contributed by atoms with Gasteiger partial charge in [-0.2, -0.15) is 0 Å². The van der Waals surface area contributed by atoms with E-state index in [2.05, 4.69) is 67.1 Å². The lowest BCUT2D eigenvalue weighted by Gasteiger charge is -2.26. The molecule has 3 aromatic rings. The van der Waals surface area contributed by atoms with E-state index in [4.69, 9.17) is 5.73 Å². The first-order valence-corrected chi connectivity index (χ1v) is 9.51. The minimum Gasteiger partial charge on any atom is -0.343 e. The Labute approximate surface area is 150 Å². The highest BCUT2D eigenvalue weighted by molar-refractivity contribution is 5.84. The van der Waals surface area contributed by atoms with Crippen LogP contribution in [-0.4, -0.2) is 10.6 Å². The van der Waals surface area contributed by atoms with Crippen molar-refractivity contribution in [2.75, 3.05) is 0 Å². The molecule has 1 aromatic heterocycles. The van der Waals surface area contributed by atoms with Crippen LogP contribution in [0.1, 0.15) is 53.9 Å². The second kappa shape index (κ2) is 6.68. The maximum Gasteiger partial charge on any atom is 0.0486 e. The molecule has 1 saturated carbocycles. The van der Waals surface area contributed by atoms with Crippen molar-refractivity contribution < 1.29 is 0 Å². The summed E-state index contributed by atoms with van der Waals surface area (Å²) in [4.78, 5) is 0. The van der Waals surface area contributed by atoms with Crippen LogP contribution in [0.2, 0.25) is 0 Å². The van der Waals surface area contributed by atoms with E-state index < -0.39 is 0 Å². The summed E-state index contributed by atoms with van der Waals surface area (Å²) in [6.07, 6.45) is 7.22. The van der Waals surface area contributed by atoms with E-state index in [1.807, 2.05) is 0 Å². The highest BCUT2D eigenvalue weighted by atomic mass is 15.0. The van der Waals surface area contributed by atoms with Crippen LogP contribution in [-0.2, 0) is 6.54 Å². The quantitative estimate of drug-likeness (QED) is 0.694. The summed E-state index contributed by atoms with van der Waals surface area (Å²) in [6, 6.07) is 16.0. The van der Waals surface area contributed by atoms with Crippen molar-refractivity contribution >= 4 is 10.9 Å². The molecular formula is C23H28N2. The molecule has 25 heavy (non-hydrogen) atoms. The summed E-state index contributed by atoms with van der Waals surface area (Å²) >= 11 is 0. The molecule has 0 spiro atoms. The number of aryl methyl sites for hydroxylation is 2. The summed E-state index contributed by atoms with van der Waals surface area (Å²) in [5.41, 5.74) is 13.2. The number of hydrogen-bond donors (Lipinski definition) is 1. The summed E-state index contributed by atoms with van der Waals surface area (Å²) < 4.78 is 2.43. The van der Waals surface area contributed by atoms with Gasteiger partial charge in [0.1, 0.15) is 0 Å². The molecular weight excluding hydrogens is 304 g/mol. The lowest BCUT2D eigenvalue weighted by atomic mass is 9.81. The van der Waals surface area contributed by atoms with E-state index in [1.165, 1.54) is 52.4 Å². The highest BCUT2D eigenvalue weighted by Gasteiger charge is 2.24. The van der Waals surface area contributed by atoms with Crippen molar-refractivity contribution in [3.63, 3.8) is 0 Å². The number of nitrogens with zero attached hydrogens (tertiary/aromatic N) is 1. The zero-order valence-corrected chi connectivity index (χ0v) is 15.3. The zero-order valence-electron chi connectivity index (χ0n) is 15.3. The lowest BCUT2D eigenvalue weighted by Crippen LogP contribution is -2.26. The van der Waals surface area contributed by atoms with Crippen molar-refractivity contribution in [2.24, 2.45) is 5.73 Å². The van der Waals surface area contributed by atoms with Crippen LogP contribution in [0, 0.1) is 13.8 Å². The van der Waals surface area contributed by atoms with Gasteiger partial charge in [-0.3, -0.25) is 0 Å². The van der Waals surface area contributed by atoms with Gasteiger partial charge in [0.15, 0.2) is 0 Å². The first-order valence-electron chi connectivity index (χ1n) is 9.51. The number of hydrogen-bond acceptors (Lipinski definition) is 1. The number of fused-ring (bicyclic) bond motifs is 1. The molecule has 0 bridgehead atoms. The van der Waals surface area contributed by atoms with Gasteiger partial charge in [-0.05, 0) is 61.8 Å². The third-order valence-corrected chi connectivity index (χ3v) is 5.81. The first kappa shape index (κ1) is 16.4. The van der Waals surface area contributed by atoms with Crippen LogP contribution >= 0.6 is 0 Å². The Hall–Kier alpha value is -2.06. The zero-order chi connectivity index (χ0) is 17.4. The molecule has 130 valence electrons. The van der Waals surface area contributed by atoms with Crippen molar-refractivity contribution in [2.45, 2.75) is 58.0 Å². The Morgan fingerprint density at radius 1 is 1.08 bits per heavy atom. The van der Waals surface area contributed by atoms with Crippen LogP contribution < -0.4 is 5.73 Å². The molecule has 2 heteroatoms. The van der Waals surface area contributed by atoms with Crippen molar-refractivity contribution in [3.05, 3.63) is 70.9 Å². The number of benzene rings is 2. The molecule has 2 nitrogen and oxygen atoms in total. The molecule has 0 amide bonds. The Morgan fingerprint density at radius 3 is 2.72 bits per heavy atom. The molecule has 2 unspecified atom stereocenters. The predicted octanol–water partition coefficient (Wildman–Crippen LogP) is 5.29. The number of para-hydroxylation sites is 1. The van der Waals surface area contributed by atoms with Gasteiger partial charge in [-0.1, -0.05) is 48.4 Å². The normalized spacial score (nSPS) is 20.9. The molecule has 0 radical (unpaired) electrons. The fourth-order valence-electron chi connectivity index (χ4n) is 4.45. The van der Waals surface area contributed by atoms with E-state index in [0.29, 0.717) is 12.0 Å². The van der Waals surface area contributed by atoms with Crippen LogP contribution in [0.15, 0.2) is 48.7 Å². The molecule has 1 aliphatic rings. The van der Waals surface area contributed by atoms with E-state index in [0.717, 1.165) is 13.0 Å². The molecule has 2 aromatic carbocycles. The standard InChI is InChI=1S/C23H28N2/c1-16-10-11-19(17(2)12-16)14-25-15-22(18-6-5-7-20(24)13-18)21-8-3-4-9-23(21)25/h3-4,8-12,15,18,20H,5-7,13-14,24H2,1-2H3. The molecule has 0 saturated heterocycles. The van der Waals surface area contributed by atoms with E-state index in [-0.39, 0.29) is 0 Å². The Kier molecular flexibility index (Phi) is 4.39. The van der Waals surface area contributed by atoms with Gasteiger partial charge < -0.3 is 10.3 Å². The van der Waals surface area contributed by atoms with Gasteiger partial charge in [0.25, 0.3) is 0 Å². The third-order valence-electron chi connectivity index (χ3n) is 5.81. The average molecular weight is 332 g/mol. The largest absolute Gasteiger partial charge is 0.343 e. The summed E-state index contributed by atoms with van der Waals surface area (Å²) in [5.74, 6) is 0.606. The Balaban J connectivity index is 1.74. The SMILES string of the molecule is Cc1ccc(Cn2cc(C3CCCC(N)C3)c3ccccc32)c(C)c1. The minimum absolute atomic E-state index is 0.361. The smallest absolute Gasteiger partial charge is 0.0486 e. The average Bonchev–Trinajstić information content (AvgIpc) is 2.96. The van der Waals surface area contributed by atoms with Gasteiger partial charge in [0, 0.05) is 29.7 Å². The molecule has 1 aliphatic carbocycles. The number of rotatable bonds is 3. The summed E-state index contributed by atoms with van der Waals surface area (Å²) in [7, 11) is 0. The van der Waals surface area contributed by atoms with E-state index in [9.17, 15) is 0 Å². The molecule has 0 aliphatic heterocycles. The monoisotopic (exact) mass is 332 g/mol. The van der Waals surface area contributed by atoms with Gasteiger partial charge in [0.05, 0.1) is 0 Å². The van der Waals surface area contributed by atoms with Crippen LogP contribution in [0.4, 0.5) is 0 Å².